The molecular formula is C14H22N2O4S. The summed E-state index contributed by atoms with van der Waals surface area (Å²) in [5, 5.41) is 11.2. The zero-order chi connectivity index (χ0) is 15.9. The number of rotatable bonds is 8. The summed E-state index contributed by atoms with van der Waals surface area (Å²) in [5.41, 5.74) is 0.971. The van der Waals surface area contributed by atoms with E-state index in [1.807, 2.05) is 6.92 Å². The number of hydrogen-bond acceptors (Lipinski definition) is 4. The number of benzene rings is 1. The smallest absolute Gasteiger partial charge is 0.243 e. The minimum atomic E-state index is -3.67. The van der Waals surface area contributed by atoms with Crippen LogP contribution in [-0.4, -0.2) is 50.0 Å². The van der Waals surface area contributed by atoms with Crippen molar-refractivity contribution in [3.05, 3.63) is 29.8 Å². The molecule has 1 aromatic carbocycles. The molecule has 7 heteroatoms. The van der Waals surface area contributed by atoms with Crippen LogP contribution in [-0.2, 0) is 14.8 Å². The quantitative estimate of drug-likeness (QED) is 0.684. The zero-order valence-electron chi connectivity index (χ0n) is 12.4. The molecule has 0 fully saturated rings. The number of aliphatic hydroxyl groups is 1. The van der Waals surface area contributed by atoms with Crippen molar-refractivity contribution in [1.82, 2.24) is 9.62 Å². The van der Waals surface area contributed by atoms with E-state index in [1.54, 1.807) is 19.1 Å². The third kappa shape index (κ3) is 5.11. The van der Waals surface area contributed by atoms with Crippen molar-refractivity contribution in [3.63, 3.8) is 0 Å². The van der Waals surface area contributed by atoms with Crippen LogP contribution in [0.2, 0.25) is 0 Å². The number of carbonyl (C=O) groups excluding carboxylic acids is 1. The van der Waals surface area contributed by atoms with Gasteiger partial charge in [0.1, 0.15) is 0 Å². The molecule has 6 nitrogen and oxygen atoms in total. The number of amides is 1. The second-order valence-corrected chi connectivity index (χ2v) is 6.61. The highest BCUT2D eigenvalue weighted by atomic mass is 32.2. The molecule has 0 aromatic heterocycles. The molecule has 0 saturated carbocycles. The third-order valence-corrected chi connectivity index (χ3v) is 4.92. The fraction of sp³-hybridized carbons (Fsp3) is 0.500. The van der Waals surface area contributed by atoms with Gasteiger partial charge in [-0.2, -0.15) is 4.31 Å². The SMILES string of the molecule is CCN(CC(=O)NCCCO)S(=O)(=O)c1ccc(C)cc1. The molecule has 1 rings (SSSR count). The van der Waals surface area contributed by atoms with Gasteiger partial charge >= 0.3 is 0 Å². The highest BCUT2D eigenvalue weighted by molar-refractivity contribution is 7.89. The maximum atomic E-state index is 12.4. The molecule has 0 aliphatic heterocycles. The van der Waals surface area contributed by atoms with Gasteiger partial charge in [0.15, 0.2) is 0 Å². The predicted molar refractivity (Wildman–Crippen MR) is 80.3 cm³/mol. The van der Waals surface area contributed by atoms with Gasteiger partial charge in [0.05, 0.1) is 11.4 Å². The Morgan fingerprint density at radius 1 is 1.29 bits per heavy atom. The second kappa shape index (κ2) is 8.11. The lowest BCUT2D eigenvalue weighted by Gasteiger charge is -2.20. The Labute approximate surface area is 125 Å². The van der Waals surface area contributed by atoms with E-state index in [0.717, 1.165) is 9.87 Å². The van der Waals surface area contributed by atoms with Gasteiger partial charge in [0, 0.05) is 19.7 Å². The normalized spacial score (nSPS) is 11.6. The lowest BCUT2D eigenvalue weighted by atomic mass is 10.2. The molecule has 1 aromatic rings. The Hall–Kier alpha value is -1.44. The lowest BCUT2D eigenvalue weighted by molar-refractivity contribution is -0.121. The van der Waals surface area contributed by atoms with Crippen LogP contribution in [0.5, 0.6) is 0 Å². The molecule has 21 heavy (non-hydrogen) atoms. The van der Waals surface area contributed by atoms with Gasteiger partial charge in [-0.05, 0) is 25.5 Å². The fourth-order valence-electron chi connectivity index (χ4n) is 1.75. The highest BCUT2D eigenvalue weighted by Gasteiger charge is 2.24. The Kier molecular flexibility index (Phi) is 6.80. The molecular weight excluding hydrogens is 292 g/mol. The first-order valence-electron chi connectivity index (χ1n) is 6.86. The topological polar surface area (TPSA) is 86.7 Å². The summed E-state index contributed by atoms with van der Waals surface area (Å²) in [4.78, 5) is 11.9. The van der Waals surface area contributed by atoms with Crippen molar-refractivity contribution in [2.45, 2.75) is 25.2 Å². The molecule has 0 spiro atoms. The maximum absolute atomic E-state index is 12.4. The van der Waals surface area contributed by atoms with Crippen molar-refractivity contribution in [2.75, 3.05) is 26.2 Å². The summed E-state index contributed by atoms with van der Waals surface area (Å²) < 4.78 is 26.0. The summed E-state index contributed by atoms with van der Waals surface area (Å²) in [6.07, 6.45) is 0.447. The molecule has 1 amide bonds. The summed E-state index contributed by atoms with van der Waals surface area (Å²) >= 11 is 0. The van der Waals surface area contributed by atoms with Crippen molar-refractivity contribution in [2.24, 2.45) is 0 Å². The van der Waals surface area contributed by atoms with Crippen LogP contribution >= 0.6 is 0 Å². The number of aryl methyl sites for hydroxylation is 1. The van der Waals surface area contributed by atoms with Gasteiger partial charge in [0.2, 0.25) is 15.9 Å². The first kappa shape index (κ1) is 17.6. The average molecular weight is 314 g/mol. The molecule has 0 bridgehead atoms. The van der Waals surface area contributed by atoms with Crippen LogP contribution in [0.15, 0.2) is 29.2 Å². The monoisotopic (exact) mass is 314 g/mol. The molecule has 118 valence electrons. The van der Waals surface area contributed by atoms with Crippen molar-refractivity contribution in [1.29, 1.82) is 0 Å². The molecule has 0 saturated heterocycles. The van der Waals surface area contributed by atoms with Crippen LogP contribution in [0.4, 0.5) is 0 Å². The summed E-state index contributed by atoms with van der Waals surface area (Å²) in [6, 6.07) is 6.53. The van der Waals surface area contributed by atoms with Gasteiger partial charge in [-0.25, -0.2) is 8.42 Å². The zero-order valence-corrected chi connectivity index (χ0v) is 13.2. The number of hydrogen-bond donors (Lipinski definition) is 2. The first-order chi connectivity index (χ1) is 9.91. The Morgan fingerprint density at radius 3 is 2.43 bits per heavy atom. The first-order valence-corrected chi connectivity index (χ1v) is 8.30. The van der Waals surface area contributed by atoms with E-state index in [0.29, 0.717) is 13.0 Å². The van der Waals surface area contributed by atoms with Gasteiger partial charge in [0.25, 0.3) is 0 Å². The van der Waals surface area contributed by atoms with E-state index in [2.05, 4.69) is 5.32 Å². The maximum Gasteiger partial charge on any atom is 0.243 e. The largest absolute Gasteiger partial charge is 0.396 e. The number of nitrogens with one attached hydrogen (secondary N) is 1. The van der Waals surface area contributed by atoms with Gasteiger partial charge in [-0.3, -0.25) is 4.79 Å². The summed E-state index contributed by atoms with van der Waals surface area (Å²) in [7, 11) is -3.67. The van der Waals surface area contributed by atoms with E-state index >= 15 is 0 Å². The summed E-state index contributed by atoms with van der Waals surface area (Å²) in [6.45, 7) is 3.87. The van der Waals surface area contributed by atoms with Crippen LogP contribution in [0.1, 0.15) is 18.9 Å². The van der Waals surface area contributed by atoms with Crippen molar-refractivity contribution >= 4 is 15.9 Å². The predicted octanol–water partition coefficient (Wildman–Crippen LogP) is 0.504. The highest BCUT2D eigenvalue weighted by Crippen LogP contribution is 2.15. The summed E-state index contributed by atoms with van der Waals surface area (Å²) in [5.74, 6) is -0.374. The molecule has 0 atom stereocenters. The van der Waals surface area contributed by atoms with Crippen molar-refractivity contribution in [3.8, 4) is 0 Å². The van der Waals surface area contributed by atoms with Gasteiger partial charge in [-0.15, -0.1) is 0 Å². The van der Waals surface area contributed by atoms with Crippen molar-refractivity contribution < 1.29 is 18.3 Å². The van der Waals surface area contributed by atoms with Crippen LogP contribution in [0, 0.1) is 6.92 Å². The number of carbonyl (C=O) groups is 1. The van der Waals surface area contributed by atoms with Crippen LogP contribution in [0.3, 0.4) is 0 Å². The molecule has 0 aliphatic rings. The number of sulfonamides is 1. The number of likely N-dealkylation sites (N-methyl/N-ethyl adjacent to an activating group) is 1. The van der Waals surface area contributed by atoms with E-state index in [-0.39, 0.29) is 30.5 Å². The Bertz CT molecular complexity index is 555. The van der Waals surface area contributed by atoms with E-state index in [4.69, 9.17) is 5.11 Å². The number of aliphatic hydroxyl groups excluding tert-OH is 1. The number of nitrogens with zero attached hydrogens (tertiary/aromatic N) is 1. The Balaban J connectivity index is 2.78. The van der Waals surface area contributed by atoms with Crippen LogP contribution < -0.4 is 5.32 Å². The standard InChI is InChI=1S/C14H22N2O4S/c1-3-16(11-14(18)15-9-4-10-17)21(19,20)13-7-5-12(2)6-8-13/h5-8,17H,3-4,9-11H2,1-2H3,(H,15,18). The molecule has 0 unspecified atom stereocenters. The average Bonchev–Trinajstić information content (AvgIpc) is 2.45. The molecule has 0 radical (unpaired) electrons. The van der Waals surface area contributed by atoms with E-state index in [1.165, 1.54) is 12.1 Å². The van der Waals surface area contributed by atoms with E-state index < -0.39 is 10.0 Å². The van der Waals surface area contributed by atoms with Gasteiger partial charge in [-0.1, -0.05) is 24.6 Å². The van der Waals surface area contributed by atoms with E-state index in [9.17, 15) is 13.2 Å². The minimum Gasteiger partial charge on any atom is -0.396 e. The Morgan fingerprint density at radius 2 is 1.90 bits per heavy atom. The molecule has 0 heterocycles. The van der Waals surface area contributed by atoms with Crippen LogP contribution in [0.25, 0.3) is 0 Å². The molecule has 0 aliphatic carbocycles. The second-order valence-electron chi connectivity index (χ2n) is 4.67. The lowest BCUT2D eigenvalue weighted by Crippen LogP contribution is -2.40. The minimum absolute atomic E-state index is 0.0144. The van der Waals surface area contributed by atoms with Gasteiger partial charge < -0.3 is 10.4 Å². The molecule has 2 N–H and O–H groups in total. The third-order valence-electron chi connectivity index (χ3n) is 2.99. The fourth-order valence-corrected chi connectivity index (χ4v) is 3.15.